The van der Waals surface area contributed by atoms with Crippen LogP contribution >= 0.6 is 0 Å². The van der Waals surface area contributed by atoms with Crippen molar-refractivity contribution in [3.8, 4) is 0 Å². The Morgan fingerprint density at radius 1 is 1.48 bits per heavy atom. The van der Waals surface area contributed by atoms with E-state index in [1.807, 2.05) is 17.7 Å². The van der Waals surface area contributed by atoms with E-state index in [2.05, 4.69) is 29.2 Å². The average molecular weight is 292 g/mol. The first-order valence-electron chi connectivity index (χ1n) is 8.29. The molecule has 21 heavy (non-hydrogen) atoms. The van der Waals surface area contributed by atoms with Gasteiger partial charge in [-0.15, -0.1) is 0 Å². The van der Waals surface area contributed by atoms with Gasteiger partial charge in [0, 0.05) is 25.7 Å². The van der Waals surface area contributed by atoms with Crippen LogP contribution in [0.3, 0.4) is 0 Å². The van der Waals surface area contributed by atoms with Gasteiger partial charge in [0.15, 0.2) is 0 Å². The minimum atomic E-state index is 0.139. The quantitative estimate of drug-likeness (QED) is 0.873. The Hall–Kier alpha value is -1.36. The van der Waals surface area contributed by atoms with Crippen molar-refractivity contribution in [1.29, 1.82) is 0 Å². The number of hydrogen-bond acceptors (Lipinski definition) is 3. The van der Waals surface area contributed by atoms with Crippen LogP contribution in [0.2, 0.25) is 0 Å². The molecular weight excluding hydrogens is 264 g/mol. The topological polar surface area (TPSA) is 50.2 Å². The number of aryl methyl sites for hydroxylation is 2. The largest absolute Gasteiger partial charge is 0.333 e. The third kappa shape index (κ3) is 3.64. The molecule has 2 heterocycles. The maximum atomic E-state index is 13.0. The highest BCUT2D eigenvalue weighted by Crippen LogP contribution is 2.16. The smallest absolute Gasteiger partial charge is 0.272 e. The summed E-state index contributed by atoms with van der Waals surface area (Å²) in [6, 6.07) is 2.28. The molecule has 1 aromatic heterocycles. The molecule has 0 aliphatic carbocycles. The molecule has 1 unspecified atom stereocenters. The summed E-state index contributed by atoms with van der Waals surface area (Å²) in [5, 5.41) is 7.92. The molecule has 2 rings (SSSR count). The zero-order valence-electron chi connectivity index (χ0n) is 13.6. The van der Waals surface area contributed by atoms with E-state index in [1.165, 1.54) is 0 Å². The molecule has 5 heteroatoms. The zero-order chi connectivity index (χ0) is 15.2. The van der Waals surface area contributed by atoms with Gasteiger partial charge in [-0.1, -0.05) is 13.8 Å². The fraction of sp³-hybridized carbons (Fsp3) is 0.750. The average Bonchev–Trinajstić information content (AvgIpc) is 2.96. The summed E-state index contributed by atoms with van der Waals surface area (Å²) in [6.07, 6.45) is 4.10. The molecule has 0 bridgehead atoms. The molecule has 0 spiro atoms. The standard InChI is InChI=1S/C16H28N4O/c1-4-10-19(14-8-7-9-17-12-14)16(21)15-11-13(5-2)18-20(15)6-3/h11,14,17H,4-10,12H2,1-3H3. The van der Waals surface area contributed by atoms with E-state index in [9.17, 15) is 4.79 Å². The van der Waals surface area contributed by atoms with Gasteiger partial charge >= 0.3 is 0 Å². The third-order valence-corrected chi connectivity index (χ3v) is 4.15. The van der Waals surface area contributed by atoms with Crippen molar-refractivity contribution < 1.29 is 4.79 Å². The molecule has 1 amide bonds. The Kier molecular flexibility index (Phi) is 5.79. The lowest BCUT2D eigenvalue weighted by atomic mass is 10.0. The van der Waals surface area contributed by atoms with Crippen LogP contribution in [0.25, 0.3) is 0 Å². The Bertz CT molecular complexity index is 463. The zero-order valence-corrected chi connectivity index (χ0v) is 13.6. The van der Waals surface area contributed by atoms with Gasteiger partial charge in [0.25, 0.3) is 5.91 Å². The summed E-state index contributed by atoms with van der Waals surface area (Å²) in [6.45, 7) is 9.78. The van der Waals surface area contributed by atoms with Crippen molar-refractivity contribution in [3.05, 3.63) is 17.5 Å². The maximum Gasteiger partial charge on any atom is 0.272 e. The molecule has 0 saturated carbocycles. The summed E-state index contributed by atoms with van der Waals surface area (Å²) in [4.78, 5) is 15.0. The molecular formula is C16H28N4O. The number of nitrogens with one attached hydrogen (secondary N) is 1. The molecule has 1 fully saturated rings. The SMILES string of the molecule is CCCN(C(=O)c1cc(CC)nn1CC)C1CCCNC1. The Morgan fingerprint density at radius 3 is 2.86 bits per heavy atom. The minimum absolute atomic E-state index is 0.139. The van der Waals surface area contributed by atoms with Crippen molar-refractivity contribution in [2.75, 3.05) is 19.6 Å². The second-order valence-corrected chi connectivity index (χ2v) is 5.69. The summed E-state index contributed by atoms with van der Waals surface area (Å²) in [5.74, 6) is 0.139. The van der Waals surface area contributed by atoms with Gasteiger partial charge in [-0.05, 0) is 45.2 Å². The molecule has 1 aliphatic heterocycles. The number of piperidine rings is 1. The number of rotatable bonds is 6. The molecule has 1 aromatic rings. The van der Waals surface area contributed by atoms with E-state index >= 15 is 0 Å². The van der Waals surface area contributed by atoms with Crippen molar-refractivity contribution in [1.82, 2.24) is 20.0 Å². The van der Waals surface area contributed by atoms with Crippen LogP contribution in [0.1, 0.15) is 56.2 Å². The van der Waals surface area contributed by atoms with E-state index in [4.69, 9.17) is 0 Å². The monoisotopic (exact) mass is 292 g/mol. The number of hydrogen-bond donors (Lipinski definition) is 1. The third-order valence-electron chi connectivity index (χ3n) is 4.15. The molecule has 1 saturated heterocycles. The van der Waals surface area contributed by atoms with Gasteiger partial charge in [0.2, 0.25) is 0 Å². The Labute approximate surface area is 127 Å². The lowest BCUT2D eigenvalue weighted by molar-refractivity contribution is 0.0636. The first-order chi connectivity index (χ1) is 10.2. The lowest BCUT2D eigenvalue weighted by Gasteiger charge is -2.34. The summed E-state index contributed by atoms with van der Waals surface area (Å²) in [5.41, 5.74) is 1.74. The van der Waals surface area contributed by atoms with Gasteiger partial charge in [0.05, 0.1) is 5.69 Å². The fourth-order valence-electron chi connectivity index (χ4n) is 2.99. The van der Waals surface area contributed by atoms with Gasteiger partial charge in [-0.3, -0.25) is 9.48 Å². The highest BCUT2D eigenvalue weighted by Gasteiger charge is 2.27. The van der Waals surface area contributed by atoms with Gasteiger partial charge in [-0.25, -0.2) is 0 Å². The predicted molar refractivity (Wildman–Crippen MR) is 84.5 cm³/mol. The molecule has 118 valence electrons. The van der Waals surface area contributed by atoms with E-state index < -0.39 is 0 Å². The molecule has 1 atom stereocenters. The molecule has 0 radical (unpaired) electrons. The fourth-order valence-corrected chi connectivity index (χ4v) is 2.99. The second-order valence-electron chi connectivity index (χ2n) is 5.69. The van der Waals surface area contributed by atoms with Crippen LogP contribution in [0.4, 0.5) is 0 Å². The van der Waals surface area contributed by atoms with Crippen LogP contribution in [0, 0.1) is 0 Å². The number of nitrogens with zero attached hydrogens (tertiary/aromatic N) is 3. The minimum Gasteiger partial charge on any atom is -0.333 e. The van der Waals surface area contributed by atoms with Crippen molar-refractivity contribution in [2.24, 2.45) is 0 Å². The van der Waals surface area contributed by atoms with E-state index in [0.717, 1.165) is 63.3 Å². The number of carbonyl (C=O) groups is 1. The second kappa shape index (κ2) is 7.59. The Morgan fingerprint density at radius 2 is 2.29 bits per heavy atom. The number of carbonyl (C=O) groups excluding carboxylic acids is 1. The van der Waals surface area contributed by atoms with E-state index in [1.54, 1.807) is 0 Å². The van der Waals surface area contributed by atoms with Crippen LogP contribution < -0.4 is 5.32 Å². The van der Waals surface area contributed by atoms with E-state index in [-0.39, 0.29) is 5.91 Å². The normalized spacial score (nSPS) is 18.7. The number of amides is 1. The molecule has 1 N–H and O–H groups in total. The van der Waals surface area contributed by atoms with Crippen LogP contribution in [-0.2, 0) is 13.0 Å². The predicted octanol–water partition coefficient (Wildman–Crippen LogP) is 2.07. The van der Waals surface area contributed by atoms with Crippen LogP contribution in [0.15, 0.2) is 6.07 Å². The van der Waals surface area contributed by atoms with Crippen LogP contribution in [0.5, 0.6) is 0 Å². The Balaban J connectivity index is 2.22. The summed E-state index contributed by atoms with van der Waals surface area (Å²) >= 11 is 0. The first-order valence-corrected chi connectivity index (χ1v) is 8.29. The van der Waals surface area contributed by atoms with Gasteiger partial charge < -0.3 is 10.2 Å². The highest BCUT2D eigenvalue weighted by atomic mass is 16.2. The molecule has 5 nitrogen and oxygen atoms in total. The number of aromatic nitrogens is 2. The highest BCUT2D eigenvalue weighted by molar-refractivity contribution is 5.93. The lowest BCUT2D eigenvalue weighted by Crippen LogP contribution is -2.49. The van der Waals surface area contributed by atoms with Crippen molar-refractivity contribution in [3.63, 3.8) is 0 Å². The summed E-state index contributed by atoms with van der Waals surface area (Å²) in [7, 11) is 0. The van der Waals surface area contributed by atoms with Gasteiger partial charge in [0.1, 0.15) is 5.69 Å². The molecule has 1 aliphatic rings. The van der Waals surface area contributed by atoms with Crippen molar-refractivity contribution in [2.45, 2.75) is 59.0 Å². The molecule has 0 aromatic carbocycles. The van der Waals surface area contributed by atoms with Crippen LogP contribution in [-0.4, -0.2) is 46.3 Å². The van der Waals surface area contributed by atoms with Gasteiger partial charge in [-0.2, -0.15) is 5.10 Å². The summed E-state index contributed by atoms with van der Waals surface area (Å²) < 4.78 is 1.85. The maximum absolute atomic E-state index is 13.0. The van der Waals surface area contributed by atoms with E-state index in [0.29, 0.717) is 6.04 Å². The first kappa shape index (κ1) is 16.0. The van der Waals surface area contributed by atoms with Crippen molar-refractivity contribution >= 4 is 5.91 Å².